The Hall–Kier alpha value is -2.73. The predicted octanol–water partition coefficient (Wildman–Crippen LogP) is 3.62. The van der Waals surface area contributed by atoms with E-state index in [9.17, 15) is 4.79 Å². The van der Waals surface area contributed by atoms with E-state index in [0.717, 1.165) is 22.7 Å². The van der Waals surface area contributed by atoms with Gasteiger partial charge in [0, 0.05) is 24.9 Å². The number of ether oxygens (including phenoxy) is 3. The number of carbonyl (C=O) groups is 1. The number of amides is 1. The van der Waals surface area contributed by atoms with Crippen LogP contribution in [0.3, 0.4) is 0 Å². The van der Waals surface area contributed by atoms with Gasteiger partial charge < -0.3 is 24.8 Å². The summed E-state index contributed by atoms with van der Waals surface area (Å²) in [6.07, 6.45) is 0.144. The summed E-state index contributed by atoms with van der Waals surface area (Å²) in [5.41, 5.74) is 1.85. The van der Waals surface area contributed by atoms with E-state index in [0.29, 0.717) is 26.4 Å². The fourth-order valence-corrected chi connectivity index (χ4v) is 2.46. The van der Waals surface area contributed by atoms with Gasteiger partial charge >= 0.3 is 0 Å². The highest BCUT2D eigenvalue weighted by Gasteiger charge is 2.04. The summed E-state index contributed by atoms with van der Waals surface area (Å²) in [6.45, 7) is 8.33. The maximum Gasteiger partial charge on any atom is 0.239 e. The third kappa shape index (κ3) is 8.31. The largest absolute Gasteiger partial charge is 0.491 e. The van der Waals surface area contributed by atoms with Gasteiger partial charge in [-0.25, -0.2) is 0 Å². The van der Waals surface area contributed by atoms with E-state index in [2.05, 4.69) is 10.6 Å². The van der Waals surface area contributed by atoms with Gasteiger partial charge in [-0.2, -0.15) is 0 Å². The van der Waals surface area contributed by atoms with Crippen molar-refractivity contribution >= 4 is 11.6 Å². The molecule has 152 valence electrons. The Morgan fingerprint density at radius 2 is 1.82 bits per heavy atom. The molecule has 0 radical (unpaired) electrons. The predicted molar refractivity (Wildman–Crippen MR) is 111 cm³/mol. The van der Waals surface area contributed by atoms with Gasteiger partial charge in [0.25, 0.3) is 0 Å². The van der Waals surface area contributed by atoms with Crippen LogP contribution in [0.4, 0.5) is 5.69 Å². The lowest BCUT2D eigenvalue weighted by molar-refractivity contribution is -0.119. The summed E-state index contributed by atoms with van der Waals surface area (Å²) < 4.78 is 16.5. The monoisotopic (exact) mass is 386 g/mol. The molecule has 0 unspecified atom stereocenters. The molecular formula is C22H30N2O4. The second-order valence-corrected chi connectivity index (χ2v) is 6.51. The molecule has 2 aromatic carbocycles. The highest BCUT2D eigenvalue weighted by molar-refractivity contribution is 5.80. The molecule has 28 heavy (non-hydrogen) atoms. The zero-order valence-electron chi connectivity index (χ0n) is 16.9. The lowest BCUT2D eigenvalue weighted by Crippen LogP contribution is -2.29. The highest BCUT2D eigenvalue weighted by Crippen LogP contribution is 2.17. The molecule has 0 atom stereocenters. The van der Waals surface area contributed by atoms with Gasteiger partial charge in [0.05, 0.1) is 19.3 Å². The van der Waals surface area contributed by atoms with Crippen LogP contribution in [0.2, 0.25) is 0 Å². The number of nitrogens with one attached hydrogen (secondary N) is 2. The van der Waals surface area contributed by atoms with Crippen molar-refractivity contribution in [3.8, 4) is 11.5 Å². The first kappa shape index (κ1) is 21.6. The molecule has 0 aliphatic carbocycles. The van der Waals surface area contributed by atoms with E-state index in [1.54, 1.807) is 0 Å². The van der Waals surface area contributed by atoms with Crippen LogP contribution in [-0.2, 0) is 16.1 Å². The molecule has 2 N–H and O–H groups in total. The summed E-state index contributed by atoms with van der Waals surface area (Å²) in [6, 6.07) is 15.3. The molecule has 1 amide bonds. The molecule has 2 rings (SSSR count). The van der Waals surface area contributed by atoms with E-state index in [4.69, 9.17) is 14.2 Å². The van der Waals surface area contributed by atoms with Gasteiger partial charge in [-0.05, 0) is 50.6 Å². The Balaban J connectivity index is 1.72. The van der Waals surface area contributed by atoms with Crippen LogP contribution >= 0.6 is 0 Å². The topological polar surface area (TPSA) is 68.8 Å². The Kier molecular flexibility index (Phi) is 9.15. The molecular weight excluding hydrogens is 356 g/mol. The summed E-state index contributed by atoms with van der Waals surface area (Å²) in [4.78, 5) is 12.1. The molecule has 0 spiro atoms. The van der Waals surface area contributed by atoms with E-state index >= 15 is 0 Å². The lowest BCUT2D eigenvalue weighted by atomic mass is 10.2. The van der Waals surface area contributed by atoms with E-state index in [1.165, 1.54) is 0 Å². The summed E-state index contributed by atoms with van der Waals surface area (Å²) in [5.74, 6) is 1.49. The molecule has 0 aliphatic heterocycles. The van der Waals surface area contributed by atoms with E-state index in [1.807, 2.05) is 69.3 Å². The van der Waals surface area contributed by atoms with Crippen molar-refractivity contribution < 1.29 is 19.0 Å². The van der Waals surface area contributed by atoms with Gasteiger partial charge in [-0.15, -0.1) is 0 Å². The maximum absolute atomic E-state index is 12.1. The minimum atomic E-state index is -0.0785. The average molecular weight is 386 g/mol. The molecule has 0 aliphatic rings. The molecule has 2 aromatic rings. The first-order valence-electron chi connectivity index (χ1n) is 9.63. The van der Waals surface area contributed by atoms with Gasteiger partial charge in [0.2, 0.25) is 5.91 Å². The van der Waals surface area contributed by atoms with Gasteiger partial charge in [-0.3, -0.25) is 4.79 Å². The van der Waals surface area contributed by atoms with E-state index in [-0.39, 0.29) is 18.6 Å². The zero-order valence-corrected chi connectivity index (χ0v) is 16.9. The van der Waals surface area contributed by atoms with Gasteiger partial charge in [0.15, 0.2) is 0 Å². The number of carbonyl (C=O) groups excluding carboxylic acids is 1. The van der Waals surface area contributed by atoms with Crippen LogP contribution in [0, 0.1) is 0 Å². The maximum atomic E-state index is 12.1. The quantitative estimate of drug-likeness (QED) is 0.545. The number of rotatable bonds is 12. The molecule has 0 aromatic heterocycles. The van der Waals surface area contributed by atoms with Crippen molar-refractivity contribution in [3.05, 3.63) is 54.1 Å². The van der Waals surface area contributed by atoms with Crippen molar-refractivity contribution in [1.29, 1.82) is 0 Å². The SMILES string of the molecule is CCOCCOc1cccc(NCC(=O)NCc2ccc(OC(C)C)cc2)c1. The average Bonchev–Trinajstić information content (AvgIpc) is 2.69. The Morgan fingerprint density at radius 1 is 1.04 bits per heavy atom. The van der Waals surface area contributed by atoms with Crippen molar-refractivity contribution in [1.82, 2.24) is 5.32 Å². The normalized spacial score (nSPS) is 10.6. The van der Waals surface area contributed by atoms with Gasteiger partial charge in [0.1, 0.15) is 18.1 Å². The van der Waals surface area contributed by atoms with Crippen LogP contribution in [0.5, 0.6) is 11.5 Å². The summed E-state index contributed by atoms with van der Waals surface area (Å²) in [5, 5.41) is 6.01. The molecule has 6 nitrogen and oxygen atoms in total. The van der Waals surface area contributed by atoms with Crippen molar-refractivity contribution in [2.24, 2.45) is 0 Å². The van der Waals surface area contributed by atoms with E-state index < -0.39 is 0 Å². The first-order valence-corrected chi connectivity index (χ1v) is 9.63. The van der Waals surface area contributed by atoms with Crippen molar-refractivity contribution in [2.75, 3.05) is 31.7 Å². The number of benzene rings is 2. The van der Waals surface area contributed by atoms with Crippen LogP contribution < -0.4 is 20.1 Å². The van der Waals surface area contributed by atoms with Gasteiger partial charge in [-0.1, -0.05) is 18.2 Å². The molecule has 0 saturated heterocycles. The third-order valence-corrected chi connectivity index (χ3v) is 3.77. The fourth-order valence-electron chi connectivity index (χ4n) is 2.46. The summed E-state index contributed by atoms with van der Waals surface area (Å²) >= 11 is 0. The van der Waals surface area contributed by atoms with Crippen LogP contribution in [-0.4, -0.2) is 38.4 Å². The smallest absolute Gasteiger partial charge is 0.239 e. The third-order valence-electron chi connectivity index (χ3n) is 3.77. The van der Waals surface area contributed by atoms with Crippen molar-refractivity contribution in [3.63, 3.8) is 0 Å². The minimum absolute atomic E-state index is 0.0785. The van der Waals surface area contributed by atoms with Crippen LogP contribution in [0.1, 0.15) is 26.3 Å². The number of hydrogen-bond acceptors (Lipinski definition) is 5. The zero-order chi connectivity index (χ0) is 20.2. The molecule has 0 fully saturated rings. The molecule has 0 saturated carbocycles. The first-order chi connectivity index (χ1) is 13.6. The Bertz CT molecular complexity index is 717. The second-order valence-electron chi connectivity index (χ2n) is 6.51. The highest BCUT2D eigenvalue weighted by atomic mass is 16.5. The number of hydrogen-bond donors (Lipinski definition) is 2. The minimum Gasteiger partial charge on any atom is -0.491 e. The Morgan fingerprint density at radius 3 is 2.54 bits per heavy atom. The standard InChI is InChI=1S/C22H30N2O4/c1-4-26-12-13-27-21-7-5-6-19(14-21)23-16-22(25)24-15-18-8-10-20(11-9-18)28-17(2)3/h5-11,14,17,23H,4,12-13,15-16H2,1-3H3,(H,24,25). The molecule has 6 heteroatoms. The van der Waals surface area contributed by atoms with Crippen LogP contribution in [0.25, 0.3) is 0 Å². The van der Waals surface area contributed by atoms with Crippen molar-refractivity contribution in [2.45, 2.75) is 33.4 Å². The number of anilines is 1. The summed E-state index contributed by atoms with van der Waals surface area (Å²) in [7, 11) is 0. The lowest BCUT2D eigenvalue weighted by Gasteiger charge is -2.11. The Labute approximate surface area is 167 Å². The van der Waals surface area contributed by atoms with Crippen LogP contribution in [0.15, 0.2) is 48.5 Å². The fraction of sp³-hybridized carbons (Fsp3) is 0.409. The molecule has 0 heterocycles. The second kappa shape index (κ2) is 11.9. The molecule has 0 bridgehead atoms.